The van der Waals surface area contributed by atoms with Crippen molar-refractivity contribution in [1.29, 1.82) is 0 Å². The Morgan fingerprint density at radius 1 is 0.964 bits per heavy atom. The fourth-order valence-electron chi connectivity index (χ4n) is 2.48. The van der Waals surface area contributed by atoms with E-state index in [0.29, 0.717) is 13.1 Å². The van der Waals surface area contributed by atoms with Gasteiger partial charge in [-0.05, 0) is 28.8 Å². The highest BCUT2D eigenvalue weighted by molar-refractivity contribution is 5.73. The molecule has 3 aromatic rings. The van der Waals surface area contributed by atoms with Crippen LogP contribution in [0.2, 0.25) is 0 Å². The number of nitrogens with zero attached hydrogens (tertiary/aromatic N) is 3. The lowest BCUT2D eigenvalue weighted by Gasteiger charge is -2.09. The van der Waals surface area contributed by atoms with Crippen LogP contribution in [0, 0.1) is 0 Å². The SMILES string of the molecule is O=C(NCc1ccc(Cn2cncn2)cc1)NCc1ccc(OC(F)F)cc1. The molecule has 0 saturated carbocycles. The van der Waals surface area contributed by atoms with Gasteiger partial charge in [0.2, 0.25) is 0 Å². The quantitative estimate of drug-likeness (QED) is 0.623. The van der Waals surface area contributed by atoms with Crippen molar-refractivity contribution in [3.63, 3.8) is 0 Å². The van der Waals surface area contributed by atoms with E-state index in [9.17, 15) is 13.6 Å². The molecule has 2 N–H and O–H groups in total. The number of aromatic nitrogens is 3. The van der Waals surface area contributed by atoms with E-state index < -0.39 is 6.61 Å². The molecule has 0 atom stereocenters. The van der Waals surface area contributed by atoms with E-state index in [1.807, 2.05) is 24.3 Å². The molecule has 0 bridgehead atoms. The highest BCUT2D eigenvalue weighted by Gasteiger charge is 2.05. The molecule has 0 saturated heterocycles. The zero-order valence-corrected chi connectivity index (χ0v) is 14.9. The highest BCUT2D eigenvalue weighted by atomic mass is 19.3. The number of amides is 2. The summed E-state index contributed by atoms with van der Waals surface area (Å²) in [6, 6.07) is 13.6. The first kappa shape index (κ1) is 19.3. The van der Waals surface area contributed by atoms with E-state index in [-0.39, 0.29) is 18.3 Å². The van der Waals surface area contributed by atoms with Gasteiger partial charge in [-0.25, -0.2) is 14.5 Å². The minimum absolute atomic E-state index is 0.0791. The number of ether oxygens (including phenoxy) is 1. The molecule has 0 aliphatic rings. The number of hydrogen-bond donors (Lipinski definition) is 2. The summed E-state index contributed by atoms with van der Waals surface area (Å²) in [5.74, 6) is 0.0791. The molecule has 2 amide bonds. The van der Waals surface area contributed by atoms with E-state index in [1.54, 1.807) is 23.1 Å². The Morgan fingerprint density at radius 3 is 2.07 bits per heavy atom. The van der Waals surface area contributed by atoms with Crippen LogP contribution >= 0.6 is 0 Å². The lowest BCUT2D eigenvalue weighted by molar-refractivity contribution is -0.0498. The summed E-state index contributed by atoms with van der Waals surface area (Å²) in [4.78, 5) is 15.8. The number of alkyl halides is 2. The standard InChI is InChI=1S/C19H19F2N5O2/c20-18(21)28-17-7-5-15(6-8-17)10-24-19(27)23-9-14-1-3-16(4-2-14)11-26-13-22-12-25-26/h1-8,12-13,18H,9-11H2,(H2,23,24,27). The van der Waals surface area contributed by atoms with Crippen LogP contribution in [0.25, 0.3) is 0 Å². The van der Waals surface area contributed by atoms with Crippen LogP contribution in [0.1, 0.15) is 16.7 Å². The minimum atomic E-state index is -2.86. The first-order valence-corrected chi connectivity index (χ1v) is 8.54. The number of hydrogen-bond acceptors (Lipinski definition) is 4. The van der Waals surface area contributed by atoms with Gasteiger partial charge in [0.25, 0.3) is 0 Å². The molecular weight excluding hydrogens is 368 g/mol. The number of rotatable bonds is 8. The van der Waals surface area contributed by atoms with Crippen LogP contribution in [-0.2, 0) is 19.6 Å². The number of urea groups is 1. The van der Waals surface area contributed by atoms with Crippen LogP contribution in [0.3, 0.4) is 0 Å². The zero-order chi connectivity index (χ0) is 19.8. The van der Waals surface area contributed by atoms with Crippen molar-refractivity contribution in [2.24, 2.45) is 0 Å². The molecule has 3 rings (SSSR count). The minimum Gasteiger partial charge on any atom is -0.435 e. The predicted octanol–water partition coefficient (Wildman–Crippen LogP) is 2.93. The Balaban J connectivity index is 1.40. The fourth-order valence-corrected chi connectivity index (χ4v) is 2.48. The molecule has 7 nitrogen and oxygen atoms in total. The topological polar surface area (TPSA) is 81.1 Å². The second-order valence-corrected chi connectivity index (χ2v) is 5.97. The maximum Gasteiger partial charge on any atom is 0.387 e. The molecular formula is C19H19F2N5O2. The monoisotopic (exact) mass is 387 g/mol. The molecule has 0 aliphatic carbocycles. The molecule has 0 unspecified atom stereocenters. The number of carbonyl (C=O) groups excluding carboxylic acids is 1. The van der Waals surface area contributed by atoms with E-state index in [0.717, 1.165) is 16.7 Å². The van der Waals surface area contributed by atoms with Crippen molar-refractivity contribution in [2.75, 3.05) is 0 Å². The third kappa shape index (κ3) is 6.04. The average molecular weight is 387 g/mol. The fraction of sp³-hybridized carbons (Fsp3) is 0.211. The molecule has 1 aromatic heterocycles. The number of benzene rings is 2. The van der Waals surface area contributed by atoms with Crippen LogP contribution in [0.4, 0.5) is 13.6 Å². The number of carbonyl (C=O) groups is 1. The number of halogens is 2. The van der Waals surface area contributed by atoms with Gasteiger partial charge in [-0.1, -0.05) is 36.4 Å². The zero-order valence-electron chi connectivity index (χ0n) is 14.9. The normalized spacial score (nSPS) is 10.7. The second-order valence-electron chi connectivity index (χ2n) is 5.97. The van der Waals surface area contributed by atoms with Crippen LogP contribution in [-0.4, -0.2) is 27.4 Å². The van der Waals surface area contributed by atoms with Gasteiger partial charge in [0.15, 0.2) is 0 Å². The third-order valence-electron chi connectivity index (χ3n) is 3.89. The Hall–Kier alpha value is -3.49. The second kappa shape index (κ2) is 9.45. The summed E-state index contributed by atoms with van der Waals surface area (Å²) < 4.78 is 30.2. The Bertz CT molecular complexity index is 868. The Labute approximate surface area is 160 Å². The molecule has 146 valence electrons. The van der Waals surface area contributed by atoms with Gasteiger partial charge in [-0.3, -0.25) is 0 Å². The smallest absolute Gasteiger partial charge is 0.387 e. The van der Waals surface area contributed by atoms with Gasteiger partial charge in [-0.2, -0.15) is 13.9 Å². The summed E-state index contributed by atoms with van der Waals surface area (Å²) in [7, 11) is 0. The van der Waals surface area contributed by atoms with Crippen molar-refractivity contribution < 1.29 is 18.3 Å². The first-order valence-electron chi connectivity index (χ1n) is 8.54. The van der Waals surface area contributed by atoms with E-state index >= 15 is 0 Å². The summed E-state index contributed by atoms with van der Waals surface area (Å²) in [6.07, 6.45) is 3.14. The van der Waals surface area contributed by atoms with Gasteiger partial charge in [0.05, 0.1) is 6.54 Å². The van der Waals surface area contributed by atoms with Gasteiger partial charge >= 0.3 is 12.6 Å². The summed E-state index contributed by atoms with van der Waals surface area (Å²) >= 11 is 0. The van der Waals surface area contributed by atoms with Crippen molar-refractivity contribution in [3.05, 3.63) is 77.9 Å². The molecule has 1 heterocycles. The summed E-state index contributed by atoms with van der Waals surface area (Å²) in [5.41, 5.74) is 2.82. The van der Waals surface area contributed by atoms with Crippen molar-refractivity contribution in [2.45, 2.75) is 26.2 Å². The van der Waals surface area contributed by atoms with Crippen molar-refractivity contribution in [3.8, 4) is 5.75 Å². The summed E-state index contributed by atoms with van der Waals surface area (Å²) in [6.45, 7) is -1.56. The first-order chi connectivity index (χ1) is 13.6. The van der Waals surface area contributed by atoms with Crippen molar-refractivity contribution >= 4 is 6.03 Å². The average Bonchev–Trinajstić information content (AvgIpc) is 3.19. The molecule has 0 radical (unpaired) electrons. The van der Waals surface area contributed by atoms with Crippen LogP contribution < -0.4 is 15.4 Å². The predicted molar refractivity (Wildman–Crippen MR) is 97.7 cm³/mol. The molecule has 0 spiro atoms. The maximum atomic E-state index is 12.1. The largest absolute Gasteiger partial charge is 0.435 e. The third-order valence-corrected chi connectivity index (χ3v) is 3.89. The van der Waals surface area contributed by atoms with Gasteiger partial charge < -0.3 is 15.4 Å². The summed E-state index contributed by atoms with van der Waals surface area (Å²) in [5, 5.41) is 9.54. The number of nitrogens with one attached hydrogen (secondary N) is 2. The van der Waals surface area contributed by atoms with Crippen molar-refractivity contribution in [1.82, 2.24) is 25.4 Å². The lowest BCUT2D eigenvalue weighted by Crippen LogP contribution is -2.34. The van der Waals surface area contributed by atoms with E-state index in [2.05, 4.69) is 25.5 Å². The lowest BCUT2D eigenvalue weighted by atomic mass is 10.1. The van der Waals surface area contributed by atoms with Gasteiger partial charge in [0, 0.05) is 13.1 Å². The molecule has 9 heteroatoms. The Morgan fingerprint density at radius 2 is 1.54 bits per heavy atom. The Kier molecular flexibility index (Phi) is 6.50. The highest BCUT2D eigenvalue weighted by Crippen LogP contribution is 2.14. The van der Waals surface area contributed by atoms with Gasteiger partial charge in [0.1, 0.15) is 18.4 Å². The van der Waals surface area contributed by atoms with Gasteiger partial charge in [-0.15, -0.1) is 0 Å². The van der Waals surface area contributed by atoms with E-state index in [1.165, 1.54) is 18.5 Å². The van der Waals surface area contributed by atoms with Crippen LogP contribution in [0.15, 0.2) is 61.2 Å². The molecule has 0 fully saturated rings. The molecule has 28 heavy (non-hydrogen) atoms. The molecule has 2 aromatic carbocycles. The van der Waals surface area contributed by atoms with E-state index in [4.69, 9.17) is 0 Å². The van der Waals surface area contributed by atoms with Crippen LogP contribution in [0.5, 0.6) is 5.75 Å². The maximum absolute atomic E-state index is 12.1. The molecule has 0 aliphatic heterocycles.